The molecule has 0 saturated carbocycles. The molecule has 8 rings (SSSR count). The van der Waals surface area contributed by atoms with Crippen LogP contribution in [0.3, 0.4) is 0 Å². The fourth-order valence-electron chi connectivity index (χ4n) is 6.95. The topological polar surface area (TPSA) is 53.6 Å². The molecule has 2 N–H and O–H groups in total. The molecule has 7 aromatic carbocycles. The molecule has 0 aliphatic rings. The van der Waals surface area contributed by atoms with E-state index < -0.39 is 0 Å². The zero-order valence-corrected chi connectivity index (χ0v) is 26.2. The van der Waals surface area contributed by atoms with Crippen molar-refractivity contribution in [3.63, 3.8) is 0 Å². The van der Waals surface area contributed by atoms with Crippen molar-refractivity contribution in [3.05, 3.63) is 139 Å². The summed E-state index contributed by atoms with van der Waals surface area (Å²) in [6, 6.07) is 38.5. The fraction of sp³-hybridized carbons (Fsp3) is 0.0233. The zero-order chi connectivity index (χ0) is 32.9. The molecule has 0 spiro atoms. The molecular weight excluding hydrogens is 586 g/mol. The lowest BCUT2D eigenvalue weighted by Crippen LogP contribution is -2.20. The molecule has 5 heteroatoms. The summed E-state index contributed by atoms with van der Waals surface area (Å²) in [6.07, 6.45) is 8.14. The summed E-state index contributed by atoms with van der Waals surface area (Å²) in [6.45, 7) is 2.00. The van der Waals surface area contributed by atoms with Crippen LogP contribution in [0.4, 0.5) is 0 Å². The van der Waals surface area contributed by atoms with Gasteiger partial charge in [0.2, 0.25) is 0 Å². The summed E-state index contributed by atoms with van der Waals surface area (Å²) in [5.74, 6) is -0.548. The monoisotopic (exact) mass is 614 g/mol. The van der Waals surface area contributed by atoms with Gasteiger partial charge in [0.25, 0.3) is 0 Å². The van der Waals surface area contributed by atoms with Gasteiger partial charge in [-0.2, -0.15) is 0 Å². The Hall–Kier alpha value is -5.93. The first kappa shape index (κ1) is 29.5. The molecule has 48 heavy (non-hydrogen) atoms. The van der Waals surface area contributed by atoms with Crippen LogP contribution in [0, 0.1) is 0 Å². The Kier molecular flexibility index (Phi) is 7.18. The molecule has 0 amide bonds. The van der Waals surface area contributed by atoms with E-state index >= 15 is 0 Å². The van der Waals surface area contributed by atoms with Crippen molar-refractivity contribution in [2.75, 3.05) is 0 Å². The SMILES string of the molecule is [B]c1c(O)c([B])c(-c2ccccc2)c(-c2c3ccccc3c(-c3ccc4c(c3)oc3ccc(/C=C\C=C/C)cc34)c3ccccc23)c1O. The first-order chi connectivity index (χ1) is 23.5. The number of hydrogen-bond acceptors (Lipinski definition) is 3. The third-order valence-corrected chi connectivity index (χ3v) is 9.14. The summed E-state index contributed by atoms with van der Waals surface area (Å²) in [5, 5.41) is 28.5. The number of phenolic OH excluding ortho intramolecular Hbond substituents is 2. The Labute approximate surface area is 280 Å². The van der Waals surface area contributed by atoms with E-state index in [1.54, 1.807) is 0 Å². The van der Waals surface area contributed by atoms with Gasteiger partial charge in [-0.25, -0.2) is 0 Å². The first-order valence-corrected chi connectivity index (χ1v) is 15.8. The van der Waals surface area contributed by atoms with E-state index in [0.717, 1.165) is 71.3 Å². The second kappa shape index (κ2) is 11.7. The smallest absolute Gasteiger partial charge is 0.136 e. The molecule has 0 bridgehead atoms. The minimum Gasteiger partial charge on any atom is -0.509 e. The second-order valence-corrected chi connectivity index (χ2v) is 11.9. The molecule has 0 fully saturated rings. The number of fused-ring (bicyclic) bond motifs is 5. The molecule has 0 atom stereocenters. The van der Waals surface area contributed by atoms with Gasteiger partial charge in [-0.3, -0.25) is 0 Å². The van der Waals surface area contributed by atoms with E-state index in [2.05, 4.69) is 60.7 Å². The van der Waals surface area contributed by atoms with Gasteiger partial charge in [0, 0.05) is 21.9 Å². The molecule has 0 aliphatic carbocycles. The van der Waals surface area contributed by atoms with Crippen molar-refractivity contribution in [3.8, 4) is 44.9 Å². The van der Waals surface area contributed by atoms with Crippen LogP contribution >= 0.6 is 0 Å². The fourth-order valence-corrected chi connectivity index (χ4v) is 6.95. The Morgan fingerprint density at radius 2 is 1.15 bits per heavy atom. The van der Waals surface area contributed by atoms with Crippen molar-refractivity contribution in [1.82, 2.24) is 0 Å². The molecule has 4 radical (unpaired) electrons. The Morgan fingerprint density at radius 1 is 0.500 bits per heavy atom. The second-order valence-electron chi connectivity index (χ2n) is 11.9. The first-order valence-electron chi connectivity index (χ1n) is 15.8. The highest BCUT2D eigenvalue weighted by Gasteiger charge is 2.25. The summed E-state index contributed by atoms with van der Waals surface area (Å²) in [4.78, 5) is 0. The average Bonchev–Trinajstić information content (AvgIpc) is 3.49. The van der Waals surface area contributed by atoms with E-state index in [1.165, 1.54) is 0 Å². The molecular formula is C43H28B2O3. The third-order valence-electron chi connectivity index (χ3n) is 9.14. The molecule has 8 aromatic rings. The van der Waals surface area contributed by atoms with E-state index in [4.69, 9.17) is 20.1 Å². The van der Waals surface area contributed by atoms with E-state index in [9.17, 15) is 10.2 Å². The van der Waals surface area contributed by atoms with Crippen LogP contribution in [0.1, 0.15) is 12.5 Å². The van der Waals surface area contributed by atoms with Crippen LogP contribution < -0.4 is 10.9 Å². The molecule has 1 heterocycles. The number of phenols is 2. The van der Waals surface area contributed by atoms with Gasteiger partial charge in [-0.05, 0) is 91.5 Å². The van der Waals surface area contributed by atoms with Gasteiger partial charge in [0.1, 0.15) is 38.4 Å². The lowest BCUT2D eigenvalue weighted by molar-refractivity contribution is 0.462. The van der Waals surface area contributed by atoms with E-state index in [-0.39, 0.29) is 22.4 Å². The van der Waals surface area contributed by atoms with Crippen molar-refractivity contribution in [2.24, 2.45) is 0 Å². The zero-order valence-electron chi connectivity index (χ0n) is 26.2. The quantitative estimate of drug-likeness (QED) is 0.115. The molecule has 0 saturated heterocycles. The van der Waals surface area contributed by atoms with Crippen molar-refractivity contribution in [1.29, 1.82) is 0 Å². The predicted molar refractivity (Wildman–Crippen MR) is 203 cm³/mol. The number of furan rings is 1. The number of aromatic hydroxyl groups is 2. The van der Waals surface area contributed by atoms with Crippen LogP contribution in [0.5, 0.6) is 11.5 Å². The summed E-state index contributed by atoms with van der Waals surface area (Å²) in [7, 11) is 12.9. The van der Waals surface area contributed by atoms with Gasteiger partial charge in [-0.15, -0.1) is 0 Å². The van der Waals surface area contributed by atoms with Gasteiger partial charge >= 0.3 is 0 Å². The van der Waals surface area contributed by atoms with Crippen LogP contribution in [0.2, 0.25) is 0 Å². The van der Waals surface area contributed by atoms with Crippen LogP contribution in [0.15, 0.2) is 138 Å². The van der Waals surface area contributed by atoms with E-state index in [0.29, 0.717) is 11.1 Å². The largest absolute Gasteiger partial charge is 0.509 e. The van der Waals surface area contributed by atoms with Crippen molar-refractivity contribution >= 4 is 76.2 Å². The lowest BCUT2D eigenvalue weighted by atomic mass is 9.74. The standard InChI is InChI=1S/C43H28B2O3/c1-2-3-5-12-25-19-22-34-33(23-25)28-21-20-27(24-35(28)48-34)36-29-15-8-10-17-31(29)38(32-18-11-9-16-30(32)36)39-37(26-13-6-4-7-14-26)40(44)43(47)41(45)42(39)46/h2-24,46-47H,1H3/b3-2-,12-5-. The van der Waals surface area contributed by atoms with Crippen LogP contribution in [-0.2, 0) is 0 Å². The predicted octanol–water partition coefficient (Wildman–Crippen LogP) is 9.48. The normalized spacial score (nSPS) is 12.0. The number of allylic oxidation sites excluding steroid dienone is 3. The van der Waals surface area contributed by atoms with E-state index in [1.807, 2.05) is 85.8 Å². The molecule has 0 aliphatic heterocycles. The van der Waals surface area contributed by atoms with Gasteiger partial charge in [-0.1, -0.05) is 115 Å². The van der Waals surface area contributed by atoms with Gasteiger partial charge in [0.05, 0.1) is 0 Å². The minimum atomic E-state index is -0.333. The summed E-state index contributed by atoms with van der Waals surface area (Å²) < 4.78 is 6.41. The number of rotatable bonds is 5. The lowest BCUT2D eigenvalue weighted by Gasteiger charge is -2.23. The average molecular weight is 614 g/mol. The third kappa shape index (κ3) is 4.62. The van der Waals surface area contributed by atoms with Crippen molar-refractivity contribution in [2.45, 2.75) is 6.92 Å². The highest BCUT2D eigenvalue weighted by molar-refractivity contribution is 6.46. The molecule has 3 nitrogen and oxygen atoms in total. The Bertz CT molecular complexity index is 2560. The van der Waals surface area contributed by atoms with Gasteiger partial charge < -0.3 is 14.6 Å². The van der Waals surface area contributed by atoms with Crippen molar-refractivity contribution < 1.29 is 14.6 Å². The maximum atomic E-state index is 11.7. The highest BCUT2D eigenvalue weighted by Crippen LogP contribution is 2.49. The molecule has 1 aromatic heterocycles. The van der Waals surface area contributed by atoms with Crippen LogP contribution in [0.25, 0.3) is 82.9 Å². The minimum absolute atomic E-state index is 0.111. The maximum absolute atomic E-state index is 11.7. The summed E-state index contributed by atoms with van der Waals surface area (Å²) in [5.41, 5.74) is 7.27. The maximum Gasteiger partial charge on any atom is 0.136 e. The van der Waals surface area contributed by atoms with Gasteiger partial charge in [0.15, 0.2) is 0 Å². The summed E-state index contributed by atoms with van der Waals surface area (Å²) >= 11 is 0. The molecule has 224 valence electrons. The highest BCUT2D eigenvalue weighted by atomic mass is 16.3. The molecule has 0 unspecified atom stereocenters. The Morgan fingerprint density at radius 3 is 1.81 bits per heavy atom. The number of benzene rings is 7. The van der Waals surface area contributed by atoms with Crippen LogP contribution in [-0.4, -0.2) is 25.9 Å². The Balaban J connectivity index is 1.43. The number of hydrogen-bond donors (Lipinski definition) is 2.